The maximum absolute atomic E-state index is 9.95. The molecule has 3 heterocycles. The summed E-state index contributed by atoms with van der Waals surface area (Å²) >= 11 is 0. The lowest BCUT2D eigenvalue weighted by Gasteiger charge is -2.16. The molecular weight excluding hydrogens is 478 g/mol. The highest BCUT2D eigenvalue weighted by molar-refractivity contribution is 5.81. The lowest BCUT2D eigenvalue weighted by molar-refractivity contribution is -0.135. The maximum atomic E-state index is 9.95. The number of nitrogens with two attached hydrogens (primary N) is 1. The molecule has 0 saturated carbocycles. The molecule has 4 atom stereocenters. The van der Waals surface area contributed by atoms with Gasteiger partial charge in [-0.25, -0.2) is 15.0 Å². The Kier molecular flexibility index (Phi) is 15.8. The van der Waals surface area contributed by atoms with Gasteiger partial charge in [0.15, 0.2) is 17.7 Å². The van der Waals surface area contributed by atoms with Crippen LogP contribution in [0.15, 0.2) is 12.7 Å². The number of carbonyl (C=O) groups is 4. The van der Waals surface area contributed by atoms with Crippen LogP contribution in [-0.4, -0.2) is 104 Å². The Morgan fingerprint density at radius 2 is 1.31 bits per heavy atom. The van der Waals surface area contributed by atoms with Gasteiger partial charge in [0.05, 0.1) is 12.9 Å². The van der Waals surface area contributed by atoms with E-state index in [1.54, 1.807) is 0 Å². The van der Waals surface area contributed by atoms with Crippen molar-refractivity contribution < 1.29 is 59.7 Å². The van der Waals surface area contributed by atoms with Crippen LogP contribution in [0.3, 0.4) is 0 Å². The predicted octanol–water partition coefficient (Wildman–Crippen LogP) is -1.62. The zero-order chi connectivity index (χ0) is 27.9. The van der Waals surface area contributed by atoms with Crippen molar-refractivity contribution in [2.24, 2.45) is 0 Å². The number of hydrogen-bond acceptors (Lipinski definition) is 12. The van der Waals surface area contributed by atoms with E-state index in [1.165, 1.54) is 17.2 Å². The summed E-state index contributed by atoms with van der Waals surface area (Å²) in [5.74, 6) is -3.12. The number of imidazole rings is 1. The quantitative estimate of drug-likeness (QED) is 0.226. The van der Waals surface area contributed by atoms with Crippen molar-refractivity contribution in [2.45, 2.75) is 52.2 Å². The molecule has 17 heteroatoms. The first kappa shape index (κ1) is 33.2. The Bertz CT molecular complexity index is 902. The second-order valence-electron chi connectivity index (χ2n) is 6.39. The van der Waals surface area contributed by atoms with E-state index in [-0.39, 0.29) is 5.82 Å². The van der Waals surface area contributed by atoms with Gasteiger partial charge in [0.1, 0.15) is 30.2 Å². The van der Waals surface area contributed by atoms with Crippen molar-refractivity contribution in [3.8, 4) is 0 Å². The molecule has 3 rings (SSSR count). The van der Waals surface area contributed by atoms with Crippen molar-refractivity contribution in [1.82, 2.24) is 19.5 Å². The molecule has 17 nitrogen and oxygen atoms in total. The zero-order valence-electron chi connectivity index (χ0n) is 19.2. The van der Waals surface area contributed by atoms with Crippen LogP contribution in [0.25, 0.3) is 11.2 Å². The van der Waals surface area contributed by atoms with E-state index in [1.807, 2.05) is 0 Å². The third-order valence-corrected chi connectivity index (χ3v) is 3.18. The van der Waals surface area contributed by atoms with Gasteiger partial charge in [0.25, 0.3) is 23.9 Å². The van der Waals surface area contributed by atoms with Crippen LogP contribution in [0.1, 0.15) is 33.9 Å². The number of aromatic nitrogens is 4. The Morgan fingerprint density at radius 3 is 1.69 bits per heavy atom. The minimum absolute atomic E-state index is 0.218. The van der Waals surface area contributed by atoms with Crippen LogP contribution in [0.5, 0.6) is 0 Å². The van der Waals surface area contributed by atoms with Crippen molar-refractivity contribution >= 4 is 40.9 Å². The van der Waals surface area contributed by atoms with E-state index in [0.29, 0.717) is 11.2 Å². The number of aliphatic hydroxyl groups is 3. The Labute approximate surface area is 198 Å². The average molecular weight is 507 g/mol. The van der Waals surface area contributed by atoms with E-state index >= 15 is 0 Å². The summed E-state index contributed by atoms with van der Waals surface area (Å²) in [6.45, 7) is 3.94. The van der Waals surface area contributed by atoms with Gasteiger partial charge in [-0.3, -0.25) is 23.7 Å². The summed E-state index contributed by atoms with van der Waals surface area (Å²) in [5, 5.41) is 58.4. The molecule has 1 aliphatic heterocycles. The molecule has 2 aromatic heterocycles. The number of carboxylic acid groups (broad SMARTS) is 4. The molecule has 1 fully saturated rings. The maximum Gasteiger partial charge on any atom is 0.300 e. The fourth-order valence-corrected chi connectivity index (χ4v) is 2.17. The van der Waals surface area contributed by atoms with Gasteiger partial charge in [-0.15, -0.1) is 0 Å². The lowest BCUT2D eigenvalue weighted by Crippen LogP contribution is -2.33. The summed E-state index contributed by atoms with van der Waals surface area (Å²) in [5.41, 5.74) is 6.44. The highest BCUT2D eigenvalue weighted by Gasteiger charge is 2.43. The molecular formula is C18H29N5O12. The summed E-state index contributed by atoms with van der Waals surface area (Å²) in [6, 6.07) is 0. The number of anilines is 1. The number of aliphatic carboxylic acids is 4. The molecule has 0 aliphatic carbocycles. The molecule has 35 heavy (non-hydrogen) atoms. The fraction of sp³-hybridized carbons (Fsp3) is 0.500. The van der Waals surface area contributed by atoms with Gasteiger partial charge in [-0.1, -0.05) is 0 Å². The van der Waals surface area contributed by atoms with Crippen molar-refractivity contribution in [1.29, 1.82) is 0 Å². The number of rotatable bonds is 2. The second-order valence-corrected chi connectivity index (χ2v) is 6.39. The monoisotopic (exact) mass is 507 g/mol. The number of nitrogens with zero attached hydrogens (tertiary/aromatic N) is 4. The first-order valence-electron chi connectivity index (χ1n) is 9.40. The predicted molar refractivity (Wildman–Crippen MR) is 116 cm³/mol. The Hall–Kier alpha value is -3.93. The summed E-state index contributed by atoms with van der Waals surface area (Å²) in [6.07, 6.45) is -1.42. The molecule has 2 aromatic rings. The summed E-state index contributed by atoms with van der Waals surface area (Å²) in [4.78, 5) is 47.9. The average Bonchev–Trinajstić information content (AvgIpc) is 3.22. The summed E-state index contributed by atoms with van der Waals surface area (Å²) in [7, 11) is 0. The largest absolute Gasteiger partial charge is 0.481 e. The molecule has 0 unspecified atom stereocenters. The van der Waals surface area contributed by atoms with Crippen molar-refractivity contribution in [2.75, 3.05) is 12.3 Å². The highest BCUT2D eigenvalue weighted by Crippen LogP contribution is 2.31. The molecule has 198 valence electrons. The number of aliphatic hydroxyl groups excluding tert-OH is 3. The normalized spacial score (nSPS) is 19.7. The SMILES string of the molecule is CC(=O)O.CC(=O)O.CC(=O)O.CC(=O)O.Nc1ncnc2c1ncn2[C@@H]1O[C@H](CO)[C@@H](O)[C@H]1O. The van der Waals surface area contributed by atoms with Crippen LogP contribution in [0.2, 0.25) is 0 Å². The van der Waals surface area contributed by atoms with E-state index in [0.717, 1.165) is 27.7 Å². The van der Waals surface area contributed by atoms with Crippen LogP contribution >= 0.6 is 0 Å². The zero-order valence-corrected chi connectivity index (χ0v) is 19.2. The van der Waals surface area contributed by atoms with E-state index in [9.17, 15) is 10.2 Å². The minimum atomic E-state index is -1.19. The van der Waals surface area contributed by atoms with Crippen LogP contribution in [0.4, 0.5) is 5.82 Å². The number of ether oxygens (including phenoxy) is 1. The topological polar surface area (TPSA) is 289 Å². The van der Waals surface area contributed by atoms with Gasteiger partial charge in [0, 0.05) is 27.7 Å². The number of carboxylic acids is 4. The third kappa shape index (κ3) is 14.0. The lowest BCUT2D eigenvalue weighted by atomic mass is 10.1. The Morgan fingerprint density at radius 1 is 0.886 bits per heavy atom. The second kappa shape index (κ2) is 16.6. The molecule has 0 radical (unpaired) electrons. The Balaban J connectivity index is 0. The summed E-state index contributed by atoms with van der Waals surface area (Å²) < 4.78 is 6.85. The van der Waals surface area contributed by atoms with E-state index in [2.05, 4.69) is 15.0 Å². The van der Waals surface area contributed by atoms with Gasteiger partial charge in [0.2, 0.25) is 0 Å². The fourth-order valence-electron chi connectivity index (χ4n) is 2.17. The number of nitrogen functional groups attached to an aromatic ring is 1. The molecule has 1 saturated heterocycles. The van der Waals surface area contributed by atoms with Crippen molar-refractivity contribution in [3.63, 3.8) is 0 Å². The standard InChI is InChI=1S/C10H13N5O4.4C2H4O2/c11-8-5-9(13-2-12-8)15(3-14-5)10-7(18)6(17)4(1-16)19-10;4*1-2(3)4/h2-4,6-7,10,16-18H,1H2,(H2,11,12,13);4*1H3,(H,3,4)/t4-,6-,7-,10-;;;;/m1..../s1. The smallest absolute Gasteiger partial charge is 0.300 e. The van der Waals surface area contributed by atoms with Gasteiger partial charge < -0.3 is 46.2 Å². The molecule has 0 amide bonds. The van der Waals surface area contributed by atoms with Crippen LogP contribution in [0, 0.1) is 0 Å². The van der Waals surface area contributed by atoms with Crippen molar-refractivity contribution in [3.05, 3.63) is 12.7 Å². The highest BCUT2D eigenvalue weighted by atomic mass is 16.6. The molecule has 9 N–H and O–H groups in total. The molecule has 0 spiro atoms. The molecule has 0 bridgehead atoms. The number of fused-ring (bicyclic) bond motifs is 1. The van der Waals surface area contributed by atoms with E-state index in [4.69, 9.17) is 55.2 Å². The number of hydrogen-bond donors (Lipinski definition) is 8. The third-order valence-electron chi connectivity index (χ3n) is 3.18. The van der Waals surface area contributed by atoms with E-state index < -0.39 is 55.0 Å². The van der Waals surface area contributed by atoms with Gasteiger partial charge >= 0.3 is 0 Å². The van der Waals surface area contributed by atoms with Crippen LogP contribution < -0.4 is 5.73 Å². The first-order chi connectivity index (χ1) is 16.1. The minimum Gasteiger partial charge on any atom is -0.481 e. The van der Waals surface area contributed by atoms with Gasteiger partial charge in [-0.05, 0) is 0 Å². The first-order valence-corrected chi connectivity index (χ1v) is 9.40. The molecule has 0 aromatic carbocycles. The van der Waals surface area contributed by atoms with Crippen LogP contribution in [-0.2, 0) is 23.9 Å². The molecule has 1 aliphatic rings. The van der Waals surface area contributed by atoms with Gasteiger partial charge in [-0.2, -0.15) is 0 Å².